The van der Waals surface area contributed by atoms with E-state index in [-0.39, 0.29) is 35.2 Å². The van der Waals surface area contributed by atoms with Crippen molar-refractivity contribution in [3.05, 3.63) is 27.8 Å². The standard InChI is InChI=1S/C12H15NO7S/c1-3-21(17,18)5-4-20-12-7-10(13(15)16)9(8-14)6-11(12)19-2/h6-8H,3-5H2,1-2H3. The maximum Gasteiger partial charge on any atom is 0.283 e. The molecule has 0 saturated carbocycles. The molecule has 21 heavy (non-hydrogen) atoms. The Hall–Kier alpha value is -2.16. The molecule has 0 radical (unpaired) electrons. The molecule has 0 unspecified atom stereocenters. The van der Waals surface area contributed by atoms with Crippen LogP contribution in [-0.4, -0.2) is 44.8 Å². The third kappa shape index (κ3) is 4.42. The first kappa shape index (κ1) is 16.9. The molecule has 0 amide bonds. The Labute approximate surface area is 121 Å². The lowest BCUT2D eigenvalue weighted by atomic mass is 10.1. The number of nitro groups is 1. The van der Waals surface area contributed by atoms with Gasteiger partial charge in [-0.05, 0) is 0 Å². The average molecular weight is 317 g/mol. The van der Waals surface area contributed by atoms with Crippen LogP contribution in [-0.2, 0) is 9.84 Å². The van der Waals surface area contributed by atoms with E-state index < -0.39 is 20.4 Å². The molecule has 116 valence electrons. The Kier molecular flexibility index (Phi) is 5.65. The first-order valence-corrected chi connectivity index (χ1v) is 7.81. The number of hydrogen-bond acceptors (Lipinski definition) is 7. The van der Waals surface area contributed by atoms with E-state index in [9.17, 15) is 23.3 Å². The van der Waals surface area contributed by atoms with Crippen molar-refractivity contribution in [2.24, 2.45) is 0 Å². The fourth-order valence-electron chi connectivity index (χ4n) is 1.51. The number of nitrogens with zero attached hydrogens (tertiary/aromatic N) is 1. The molecule has 0 aliphatic rings. The predicted molar refractivity (Wildman–Crippen MR) is 74.9 cm³/mol. The number of methoxy groups -OCH3 is 1. The van der Waals surface area contributed by atoms with Crippen molar-refractivity contribution in [3.63, 3.8) is 0 Å². The Morgan fingerprint density at radius 1 is 1.33 bits per heavy atom. The summed E-state index contributed by atoms with van der Waals surface area (Å²) in [7, 11) is -1.89. The molecule has 1 rings (SSSR count). The fourth-order valence-corrected chi connectivity index (χ4v) is 2.14. The van der Waals surface area contributed by atoms with E-state index in [1.807, 2.05) is 0 Å². The van der Waals surface area contributed by atoms with Gasteiger partial charge in [-0.15, -0.1) is 0 Å². The average Bonchev–Trinajstić information content (AvgIpc) is 2.46. The van der Waals surface area contributed by atoms with Crippen LogP contribution in [0.2, 0.25) is 0 Å². The lowest BCUT2D eigenvalue weighted by Crippen LogP contribution is -2.16. The molecule has 1 aromatic carbocycles. The Bertz CT molecular complexity index is 639. The molecule has 0 bridgehead atoms. The SMILES string of the molecule is CCS(=O)(=O)CCOc1cc([N+](=O)[O-])c(C=O)cc1OC. The van der Waals surface area contributed by atoms with Crippen molar-refractivity contribution < 1.29 is 27.6 Å². The minimum Gasteiger partial charge on any atom is -0.493 e. The largest absolute Gasteiger partial charge is 0.493 e. The van der Waals surface area contributed by atoms with Gasteiger partial charge in [0, 0.05) is 11.8 Å². The Morgan fingerprint density at radius 3 is 2.48 bits per heavy atom. The molecular weight excluding hydrogens is 302 g/mol. The van der Waals surface area contributed by atoms with Crippen LogP contribution < -0.4 is 9.47 Å². The van der Waals surface area contributed by atoms with Gasteiger partial charge in [0.05, 0.1) is 29.4 Å². The molecule has 0 saturated heterocycles. The molecule has 0 atom stereocenters. The van der Waals surface area contributed by atoms with E-state index in [0.29, 0.717) is 6.29 Å². The molecule has 1 aromatic rings. The summed E-state index contributed by atoms with van der Waals surface area (Å²) in [5.74, 6) is -0.0918. The first-order chi connectivity index (χ1) is 9.84. The number of nitro benzene ring substituents is 1. The van der Waals surface area contributed by atoms with E-state index >= 15 is 0 Å². The second kappa shape index (κ2) is 7.02. The summed E-state index contributed by atoms with van der Waals surface area (Å²) in [5, 5.41) is 10.9. The van der Waals surface area contributed by atoms with E-state index in [1.165, 1.54) is 20.1 Å². The van der Waals surface area contributed by atoms with Gasteiger partial charge in [-0.3, -0.25) is 14.9 Å². The summed E-state index contributed by atoms with van der Waals surface area (Å²) in [5.41, 5.74) is -0.579. The number of rotatable bonds is 8. The van der Waals surface area contributed by atoms with Gasteiger partial charge in [0.2, 0.25) is 0 Å². The molecule has 0 spiro atoms. The topological polar surface area (TPSA) is 113 Å². The van der Waals surface area contributed by atoms with E-state index in [1.54, 1.807) is 0 Å². The second-order valence-electron chi connectivity index (χ2n) is 4.02. The highest BCUT2D eigenvalue weighted by atomic mass is 32.2. The normalized spacial score (nSPS) is 11.0. The minimum absolute atomic E-state index is 0.0149. The monoisotopic (exact) mass is 317 g/mol. The van der Waals surface area contributed by atoms with Crippen LogP contribution in [0.5, 0.6) is 11.5 Å². The van der Waals surface area contributed by atoms with Gasteiger partial charge < -0.3 is 9.47 Å². The van der Waals surface area contributed by atoms with E-state index in [2.05, 4.69) is 0 Å². The molecule has 0 aromatic heterocycles. The van der Waals surface area contributed by atoms with Crippen molar-refractivity contribution in [3.8, 4) is 11.5 Å². The minimum atomic E-state index is -3.20. The smallest absolute Gasteiger partial charge is 0.283 e. The van der Waals surface area contributed by atoms with Gasteiger partial charge in [-0.25, -0.2) is 8.42 Å². The zero-order valence-electron chi connectivity index (χ0n) is 11.6. The number of ether oxygens (including phenoxy) is 2. The van der Waals surface area contributed by atoms with E-state index in [4.69, 9.17) is 9.47 Å². The third-order valence-electron chi connectivity index (χ3n) is 2.73. The van der Waals surface area contributed by atoms with Gasteiger partial charge in [0.1, 0.15) is 6.61 Å². The molecule has 8 nitrogen and oxygen atoms in total. The fraction of sp³-hybridized carbons (Fsp3) is 0.417. The van der Waals surface area contributed by atoms with Crippen LogP contribution in [0.4, 0.5) is 5.69 Å². The third-order valence-corrected chi connectivity index (χ3v) is 4.40. The van der Waals surface area contributed by atoms with Crippen LogP contribution in [0.15, 0.2) is 12.1 Å². The maximum absolute atomic E-state index is 11.4. The summed E-state index contributed by atoms with van der Waals surface area (Å²) in [6.45, 7) is 1.35. The molecule has 0 N–H and O–H groups in total. The summed E-state index contributed by atoms with van der Waals surface area (Å²) < 4.78 is 32.9. The van der Waals surface area contributed by atoms with Crippen LogP contribution in [0, 0.1) is 10.1 Å². The van der Waals surface area contributed by atoms with Gasteiger partial charge in [0.15, 0.2) is 27.6 Å². The molecule has 0 aliphatic carbocycles. The van der Waals surface area contributed by atoms with E-state index in [0.717, 1.165) is 6.07 Å². The van der Waals surface area contributed by atoms with Crippen LogP contribution in [0.25, 0.3) is 0 Å². The van der Waals surface area contributed by atoms with Crippen LogP contribution in [0.1, 0.15) is 17.3 Å². The lowest BCUT2D eigenvalue weighted by molar-refractivity contribution is -0.385. The molecular formula is C12H15NO7S. The summed E-state index contributed by atoms with van der Waals surface area (Å²) in [4.78, 5) is 21.0. The summed E-state index contributed by atoms with van der Waals surface area (Å²) in [6.07, 6.45) is 0.339. The maximum atomic E-state index is 11.4. The lowest BCUT2D eigenvalue weighted by Gasteiger charge is -2.11. The number of sulfone groups is 1. The van der Waals surface area contributed by atoms with Crippen molar-refractivity contribution in [1.29, 1.82) is 0 Å². The van der Waals surface area contributed by atoms with Gasteiger partial charge in [-0.2, -0.15) is 0 Å². The van der Waals surface area contributed by atoms with Crippen molar-refractivity contribution in [2.45, 2.75) is 6.92 Å². The summed E-state index contributed by atoms with van der Waals surface area (Å²) in [6, 6.07) is 2.22. The zero-order valence-corrected chi connectivity index (χ0v) is 12.4. The van der Waals surface area contributed by atoms with Crippen LogP contribution in [0.3, 0.4) is 0 Å². The number of carbonyl (C=O) groups is 1. The highest BCUT2D eigenvalue weighted by molar-refractivity contribution is 7.91. The Morgan fingerprint density at radius 2 is 2.00 bits per heavy atom. The van der Waals surface area contributed by atoms with Gasteiger partial charge >= 0.3 is 0 Å². The number of carbonyl (C=O) groups excluding carboxylic acids is 1. The Balaban J connectivity index is 3.03. The number of benzene rings is 1. The molecule has 0 heterocycles. The zero-order chi connectivity index (χ0) is 16.0. The van der Waals surface area contributed by atoms with Crippen molar-refractivity contribution >= 4 is 21.8 Å². The van der Waals surface area contributed by atoms with Crippen molar-refractivity contribution in [1.82, 2.24) is 0 Å². The van der Waals surface area contributed by atoms with Crippen LogP contribution >= 0.6 is 0 Å². The van der Waals surface area contributed by atoms with Crippen molar-refractivity contribution in [2.75, 3.05) is 25.2 Å². The number of aldehydes is 1. The predicted octanol–water partition coefficient (Wildman–Crippen LogP) is 1.23. The number of hydrogen-bond donors (Lipinski definition) is 0. The quantitative estimate of drug-likeness (QED) is 0.402. The molecule has 0 aliphatic heterocycles. The van der Waals surface area contributed by atoms with Gasteiger partial charge in [-0.1, -0.05) is 6.92 Å². The highest BCUT2D eigenvalue weighted by Gasteiger charge is 2.19. The summed E-state index contributed by atoms with van der Waals surface area (Å²) >= 11 is 0. The first-order valence-electron chi connectivity index (χ1n) is 5.99. The van der Waals surface area contributed by atoms with Gasteiger partial charge in [0.25, 0.3) is 5.69 Å². The molecule has 0 fully saturated rings. The molecule has 9 heteroatoms. The highest BCUT2D eigenvalue weighted by Crippen LogP contribution is 2.33. The second-order valence-corrected chi connectivity index (χ2v) is 6.49.